The summed E-state index contributed by atoms with van der Waals surface area (Å²) < 4.78 is 5.24. The van der Waals surface area contributed by atoms with Crippen LogP contribution in [0.2, 0.25) is 0 Å². The monoisotopic (exact) mass is 206 g/mol. The molecule has 0 aliphatic carbocycles. The molecule has 1 amide bonds. The van der Waals surface area contributed by atoms with Gasteiger partial charge in [-0.15, -0.1) is 0 Å². The largest absolute Gasteiger partial charge is 0.496 e. The van der Waals surface area contributed by atoms with Gasteiger partial charge in [-0.2, -0.15) is 0 Å². The van der Waals surface area contributed by atoms with Crippen molar-refractivity contribution in [1.29, 1.82) is 0 Å². The molecule has 4 nitrogen and oxygen atoms in total. The van der Waals surface area contributed by atoms with Gasteiger partial charge >= 0.3 is 0 Å². The van der Waals surface area contributed by atoms with Crippen molar-refractivity contribution in [3.8, 4) is 5.75 Å². The van der Waals surface area contributed by atoms with Crippen LogP contribution in [0.15, 0.2) is 24.3 Å². The third kappa shape index (κ3) is 1.80. The van der Waals surface area contributed by atoms with E-state index < -0.39 is 6.04 Å². The van der Waals surface area contributed by atoms with Gasteiger partial charge in [0.1, 0.15) is 5.75 Å². The molecule has 2 rings (SSSR count). The van der Waals surface area contributed by atoms with E-state index in [1.165, 1.54) is 0 Å². The van der Waals surface area contributed by atoms with Crippen molar-refractivity contribution in [1.82, 2.24) is 5.32 Å². The van der Waals surface area contributed by atoms with Crippen molar-refractivity contribution in [2.24, 2.45) is 5.73 Å². The van der Waals surface area contributed by atoms with Gasteiger partial charge in [-0.3, -0.25) is 4.79 Å². The van der Waals surface area contributed by atoms with E-state index in [2.05, 4.69) is 5.32 Å². The third-order valence-electron chi connectivity index (χ3n) is 2.66. The number of benzene rings is 1. The summed E-state index contributed by atoms with van der Waals surface area (Å²) in [5.74, 6) is 0.697. The zero-order valence-electron chi connectivity index (χ0n) is 8.57. The first kappa shape index (κ1) is 9.98. The Labute approximate surface area is 88.4 Å². The zero-order valence-corrected chi connectivity index (χ0v) is 8.57. The molecular formula is C11H14N2O2. The lowest BCUT2D eigenvalue weighted by atomic mass is 10.0. The standard InChI is InChI=1S/C11H14N2O2/c1-15-10-5-3-2-4-7(10)9-6-8(12)11(14)13-9/h2-5,8-9H,6,12H2,1H3,(H,13,14)/t8-,9-/m1/s1. The maximum absolute atomic E-state index is 11.3. The van der Waals surface area contributed by atoms with Crippen LogP contribution in [0.5, 0.6) is 5.75 Å². The maximum atomic E-state index is 11.3. The minimum Gasteiger partial charge on any atom is -0.496 e. The number of methoxy groups -OCH3 is 1. The Morgan fingerprint density at radius 1 is 1.47 bits per heavy atom. The summed E-state index contributed by atoms with van der Waals surface area (Å²) in [6.45, 7) is 0. The van der Waals surface area contributed by atoms with Gasteiger partial charge in [0.25, 0.3) is 0 Å². The van der Waals surface area contributed by atoms with Crippen LogP contribution in [0.4, 0.5) is 0 Å². The Morgan fingerprint density at radius 2 is 2.20 bits per heavy atom. The van der Waals surface area contributed by atoms with Gasteiger partial charge in [-0.05, 0) is 12.5 Å². The van der Waals surface area contributed by atoms with Crippen LogP contribution >= 0.6 is 0 Å². The molecular weight excluding hydrogens is 192 g/mol. The van der Waals surface area contributed by atoms with E-state index in [0.717, 1.165) is 11.3 Å². The van der Waals surface area contributed by atoms with Crippen LogP contribution in [-0.4, -0.2) is 19.1 Å². The van der Waals surface area contributed by atoms with E-state index >= 15 is 0 Å². The SMILES string of the molecule is COc1ccccc1[C@H]1C[C@@H](N)C(=O)N1. The topological polar surface area (TPSA) is 64.3 Å². The summed E-state index contributed by atoms with van der Waals surface area (Å²) in [4.78, 5) is 11.3. The van der Waals surface area contributed by atoms with E-state index in [1.807, 2.05) is 24.3 Å². The lowest BCUT2D eigenvalue weighted by Crippen LogP contribution is -2.30. The van der Waals surface area contributed by atoms with Crippen molar-refractivity contribution in [3.05, 3.63) is 29.8 Å². The molecule has 0 aromatic heterocycles. The summed E-state index contributed by atoms with van der Waals surface area (Å²) in [5.41, 5.74) is 6.63. The lowest BCUT2D eigenvalue weighted by Gasteiger charge is -2.14. The van der Waals surface area contributed by atoms with Crippen molar-refractivity contribution in [2.75, 3.05) is 7.11 Å². The number of carbonyl (C=O) groups excluding carboxylic acids is 1. The highest BCUT2D eigenvalue weighted by Gasteiger charge is 2.31. The Hall–Kier alpha value is -1.55. The van der Waals surface area contributed by atoms with Gasteiger partial charge in [-0.1, -0.05) is 18.2 Å². The molecule has 4 heteroatoms. The second-order valence-electron chi connectivity index (χ2n) is 3.65. The molecule has 1 aromatic carbocycles. The zero-order chi connectivity index (χ0) is 10.8. The molecule has 1 saturated heterocycles. The normalized spacial score (nSPS) is 25.1. The highest BCUT2D eigenvalue weighted by molar-refractivity contribution is 5.84. The molecule has 0 saturated carbocycles. The summed E-state index contributed by atoms with van der Waals surface area (Å²) in [5, 5.41) is 2.85. The predicted molar refractivity (Wildman–Crippen MR) is 56.5 cm³/mol. The highest BCUT2D eigenvalue weighted by Crippen LogP contribution is 2.30. The average molecular weight is 206 g/mol. The third-order valence-corrected chi connectivity index (χ3v) is 2.66. The fraction of sp³-hybridized carbons (Fsp3) is 0.364. The van der Waals surface area contributed by atoms with Crippen molar-refractivity contribution < 1.29 is 9.53 Å². The van der Waals surface area contributed by atoms with E-state index in [0.29, 0.717) is 6.42 Å². The molecule has 2 atom stereocenters. The van der Waals surface area contributed by atoms with Crippen LogP contribution in [0.1, 0.15) is 18.0 Å². The van der Waals surface area contributed by atoms with Gasteiger partial charge in [0.15, 0.2) is 0 Å². The number of hydrogen-bond donors (Lipinski definition) is 2. The van der Waals surface area contributed by atoms with Crippen LogP contribution in [-0.2, 0) is 4.79 Å². The first-order valence-electron chi connectivity index (χ1n) is 4.91. The van der Waals surface area contributed by atoms with Gasteiger partial charge < -0.3 is 15.8 Å². The number of amides is 1. The van der Waals surface area contributed by atoms with Crippen molar-refractivity contribution in [2.45, 2.75) is 18.5 Å². The van der Waals surface area contributed by atoms with Gasteiger partial charge in [0, 0.05) is 5.56 Å². The Morgan fingerprint density at radius 3 is 2.80 bits per heavy atom. The summed E-state index contributed by atoms with van der Waals surface area (Å²) >= 11 is 0. The van der Waals surface area contributed by atoms with Gasteiger partial charge in [0.05, 0.1) is 19.2 Å². The first-order chi connectivity index (χ1) is 7.22. The number of carbonyl (C=O) groups is 1. The fourth-order valence-corrected chi connectivity index (χ4v) is 1.86. The van der Waals surface area contributed by atoms with E-state index in [1.54, 1.807) is 7.11 Å². The number of rotatable bonds is 2. The van der Waals surface area contributed by atoms with Crippen LogP contribution < -0.4 is 15.8 Å². The number of hydrogen-bond acceptors (Lipinski definition) is 3. The van der Waals surface area contributed by atoms with Crippen LogP contribution in [0.25, 0.3) is 0 Å². The number of nitrogens with two attached hydrogens (primary N) is 1. The minimum absolute atomic E-state index is 0.0244. The molecule has 1 heterocycles. The molecule has 15 heavy (non-hydrogen) atoms. The fourth-order valence-electron chi connectivity index (χ4n) is 1.86. The molecule has 0 spiro atoms. The van der Waals surface area contributed by atoms with E-state index in [9.17, 15) is 4.79 Å². The van der Waals surface area contributed by atoms with Crippen LogP contribution in [0.3, 0.4) is 0 Å². The number of para-hydroxylation sites is 1. The number of ether oxygens (including phenoxy) is 1. The molecule has 0 bridgehead atoms. The maximum Gasteiger partial charge on any atom is 0.237 e. The van der Waals surface area contributed by atoms with E-state index in [-0.39, 0.29) is 11.9 Å². The summed E-state index contributed by atoms with van der Waals surface area (Å²) in [6.07, 6.45) is 0.624. The molecule has 1 aliphatic rings. The molecule has 1 fully saturated rings. The second kappa shape index (κ2) is 3.90. The Balaban J connectivity index is 2.27. The molecule has 3 N–H and O–H groups in total. The summed E-state index contributed by atoms with van der Waals surface area (Å²) in [7, 11) is 1.62. The minimum atomic E-state index is -0.403. The molecule has 0 radical (unpaired) electrons. The number of nitrogens with one attached hydrogen (secondary N) is 1. The van der Waals surface area contributed by atoms with Crippen LogP contribution in [0, 0.1) is 0 Å². The molecule has 0 unspecified atom stereocenters. The quantitative estimate of drug-likeness (QED) is 0.744. The summed E-state index contributed by atoms with van der Waals surface area (Å²) in [6, 6.07) is 7.23. The van der Waals surface area contributed by atoms with Gasteiger partial charge in [-0.25, -0.2) is 0 Å². The predicted octanol–water partition coefficient (Wildman–Crippen LogP) is 0.583. The Kier molecular flexibility index (Phi) is 2.60. The molecule has 1 aromatic rings. The smallest absolute Gasteiger partial charge is 0.237 e. The van der Waals surface area contributed by atoms with Gasteiger partial charge in [0.2, 0.25) is 5.91 Å². The van der Waals surface area contributed by atoms with E-state index in [4.69, 9.17) is 10.5 Å². The average Bonchev–Trinajstić information content (AvgIpc) is 2.59. The Bertz CT molecular complexity index is 379. The molecule has 80 valence electrons. The second-order valence-corrected chi connectivity index (χ2v) is 3.65. The lowest BCUT2D eigenvalue weighted by molar-refractivity contribution is -0.120. The first-order valence-corrected chi connectivity index (χ1v) is 4.91. The van der Waals surface area contributed by atoms with Crippen molar-refractivity contribution in [3.63, 3.8) is 0 Å². The molecule has 1 aliphatic heterocycles. The van der Waals surface area contributed by atoms with Crippen molar-refractivity contribution >= 4 is 5.91 Å². The highest BCUT2D eigenvalue weighted by atomic mass is 16.5.